The number of nitrogens with zero attached hydrogens (tertiary/aromatic N) is 1. The molecule has 5 heteroatoms. The molecular weight excluding hydrogens is 204 g/mol. The van der Waals surface area contributed by atoms with Crippen molar-refractivity contribution in [2.45, 2.75) is 39.2 Å². The number of aryl methyl sites for hydroxylation is 1. The lowest BCUT2D eigenvalue weighted by Crippen LogP contribution is -2.20. The highest BCUT2D eigenvalue weighted by molar-refractivity contribution is 5.33. The van der Waals surface area contributed by atoms with E-state index in [0.29, 0.717) is 18.2 Å². The lowest BCUT2D eigenvalue weighted by Gasteiger charge is -2.14. The predicted octanol–water partition coefficient (Wildman–Crippen LogP) is 0.872. The molecule has 0 fully saturated rings. The van der Waals surface area contributed by atoms with E-state index in [9.17, 15) is 4.79 Å². The first-order valence-corrected chi connectivity index (χ1v) is 5.72. The maximum absolute atomic E-state index is 11.3. The van der Waals surface area contributed by atoms with Gasteiger partial charge in [-0.1, -0.05) is 6.92 Å². The molecule has 0 spiro atoms. The largest absolute Gasteiger partial charge is 0.367 e. The fourth-order valence-corrected chi connectivity index (χ4v) is 1.50. The number of aromatic nitrogens is 2. The van der Waals surface area contributed by atoms with E-state index in [0.717, 1.165) is 19.3 Å². The number of hydrogen-bond acceptors (Lipinski definition) is 4. The van der Waals surface area contributed by atoms with Crippen LogP contribution in [0.15, 0.2) is 10.9 Å². The van der Waals surface area contributed by atoms with Crippen molar-refractivity contribution in [3.63, 3.8) is 0 Å². The molecule has 90 valence electrons. The van der Waals surface area contributed by atoms with Crippen LogP contribution in [0.25, 0.3) is 0 Å². The summed E-state index contributed by atoms with van der Waals surface area (Å²) in [5, 5.41) is 3.21. The molecule has 16 heavy (non-hydrogen) atoms. The molecule has 1 aromatic heterocycles. The molecule has 0 bridgehead atoms. The van der Waals surface area contributed by atoms with E-state index in [-0.39, 0.29) is 11.6 Å². The van der Waals surface area contributed by atoms with Crippen molar-refractivity contribution < 1.29 is 0 Å². The maximum Gasteiger partial charge on any atom is 0.252 e. The summed E-state index contributed by atoms with van der Waals surface area (Å²) in [5.41, 5.74) is 5.33. The van der Waals surface area contributed by atoms with Crippen molar-refractivity contribution in [3.05, 3.63) is 22.2 Å². The number of nitrogens with two attached hydrogens (primary N) is 1. The van der Waals surface area contributed by atoms with Crippen LogP contribution in [0.4, 0.5) is 5.82 Å². The standard InChI is InChI=1S/C11H20N4O/c1-3-9-14-10(7-11(16)15-9)13-8(2)5-4-6-12/h7-8H,3-6,12H2,1-2H3,(H2,13,14,15,16). The maximum atomic E-state index is 11.3. The zero-order valence-corrected chi connectivity index (χ0v) is 9.92. The topological polar surface area (TPSA) is 83.8 Å². The van der Waals surface area contributed by atoms with Crippen LogP contribution in [0.1, 0.15) is 32.5 Å². The van der Waals surface area contributed by atoms with Crippen LogP contribution in [0.3, 0.4) is 0 Å². The van der Waals surface area contributed by atoms with Gasteiger partial charge in [0.2, 0.25) is 0 Å². The Morgan fingerprint density at radius 2 is 2.38 bits per heavy atom. The number of anilines is 1. The van der Waals surface area contributed by atoms with Gasteiger partial charge in [-0.05, 0) is 26.3 Å². The second kappa shape index (κ2) is 6.27. The van der Waals surface area contributed by atoms with E-state index < -0.39 is 0 Å². The summed E-state index contributed by atoms with van der Waals surface area (Å²) in [6, 6.07) is 1.76. The Labute approximate surface area is 95.5 Å². The Kier molecular flexibility index (Phi) is 4.98. The molecule has 0 amide bonds. The van der Waals surface area contributed by atoms with Gasteiger partial charge in [-0.3, -0.25) is 4.79 Å². The zero-order valence-electron chi connectivity index (χ0n) is 9.92. The van der Waals surface area contributed by atoms with Gasteiger partial charge in [0.1, 0.15) is 11.6 Å². The average molecular weight is 224 g/mol. The molecule has 0 aromatic carbocycles. The molecule has 0 saturated heterocycles. The molecule has 0 aliphatic heterocycles. The second-order valence-corrected chi connectivity index (χ2v) is 3.91. The summed E-state index contributed by atoms with van der Waals surface area (Å²) in [6.45, 7) is 4.71. The van der Waals surface area contributed by atoms with E-state index >= 15 is 0 Å². The average Bonchev–Trinajstić information content (AvgIpc) is 2.25. The number of nitrogens with one attached hydrogen (secondary N) is 2. The van der Waals surface area contributed by atoms with Gasteiger partial charge in [-0.2, -0.15) is 0 Å². The third kappa shape index (κ3) is 4.02. The number of aromatic amines is 1. The van der Waals surface area contributed by atoms with Crippen molar-refractivity contribution in [1.29, 1.82) is 0 Å². The van der Waals surface area contributed by atoms with Crippen LogP contribution < -0.4 is 16.6 Å². The van der Waals surface area contributed by atoms with E-state index in [1.54, 1.807) is 0 Å². The summed E-state index contributed by atoms with van der Waals surface area (Å²) in [4.78, 5) is 18.3. The third-order valence-corrected chi connectivity index (χ3v) is 2.36. The smallest absolute Gasteiger partial charge is 0.252 e. The van der Waals surface area contributed by atoms with Gasteiger partial charge in [-0.25, -0.2) is 4.98 Å². The third-order valence-electron chi connectivity index (χ3n) is 2.36. The van der Waals surface area contributed by atoms with Crippen LogP contribution >= 0.6 is 0 Å². The van der Waals surface area contributed by atoms with Gasteiger partial charge in [0.15, 0.2) is 0 Å². The van der Waals surface area contributed by atoms with Crippen molar-refractivity contribution in [1.82, 2.24) is 9.97 Å². The Morgan fingerprint density at radius 3 is 3.00 bits per heavy atom. The summed E-state index contributed by atoms with van der Waals surface area (Å²) >= 11 is 0. The van der Waals surface area contributed by atoms with Crippen LogP contribution in [0.2, 0.25) is 0 Å². The zero-order chi connectivity index (χ0) is 12.0. The van der Waals surface area contributed by atoms with Gasteiger partial charge in [0.25, 0.3) is 5.56 Å². The summed E-state index contributed by atoms with van der Waals surface area (Å²) in [7, 11) is 0. The predicted molar refractivity (Wildman–Crippen MR) is 65.6 cm³/mol. The molecule has 1 rings (SSSR count). The van der Waals surface area contributed by atoms with E-state index in [1.807, 2.05) is 6.92 Å². The van der Waals surface area contributed by atoms with Crippen LogP contribution in [0, 0.1) is 0 Å². The molecule has 1 aromatic rings. The fourth-order valence-electron chi connectivity index (χ4n) is 1.50. The van der Waals surface area contributed by atoms with Gasteiger partial charge in [0, 0.05) is 18.5 Å². The lowest BCUT2D eigenvalue weighted by molar-refractivity contribution is 0.659. The number of rotatable bonds is 6. The van der Waals surface area contributed by atoms with Gasteiger partial charge in [0.05, 0.1) is 0 Å². The summed E-state index contributed by atoms with van der Waals surface area (Å²) in [5.74, 6) is 1.35. The summed E-state index contributed by atoms with van der Waals surface area (Å²) in [6.07, 6.45) is 2.67. The first-order chi connectivity index (χ1) is 7.65. The molecule has 0 saturated carbocycles. The van der Waals surface area contributed by atoms with Gasteiger partial charge < -0.3 is 16.0 Å². The van der Waals surface area contributed by atoms with E-state index in [4.69, 9.17) is 5.73 Å². The number of hydrogen-bond donors (Lipinski definition) is 3. The first-order valence-electron chi connectivity index (χ1n) is 5.72. The van der Waals surface area contributed by atoms with Crippen LogP contribution in [0.5, 0.6) is 0 Å². The highest BCUT2D eigenvalue weighted by Gasteiger charge is 2.04. The molecule has 1 heterocycles. The molecule has 5 nitrogen and oxygen atoms in total. The molecule has 1 unspecified atom stereocenters. The van der Waals surface area contributed by atoms with Crippen LogP contribution in [-0.4, -0.2) is 22.6 Å². The second-order valence-electron chi connectivity index (χ2n) is 3.91. The normalized spacial score (nSPS) is 12.4. The highest BCUT2D eigenvalue weighted by Crippen LogP contribution is 2.05. The van der Waals surface area contributed by atoms with Crippen molar-refractivity contribution in [2.24, 2.45) is 5.73 Å². The summed E-state index contributed by atoms with van der Waals surface area (Å²) < 4.78 is 0. The Balaban J connectivity index is 2.65. The first kappa shape index (κ1) is 12.7. The molecule has 0 aliphatic rings. The van der Waals surface area contributed by atoms with Gasteiger partial charge >= 0.3 is 0 Å². The van der Waals surface area contributed by atoms with E-state index in [2.05, 4.69) is 22.2 Å². The molecular formula is C11H20N4O. The van der Waals surface area contributed by atoms with Crippen molar-refractivity contribution >= 4 is 5.82 Å². The molecule has 1 atom stereocenters. The molecule has 4 N–H and O–H groups in total. The molecule has 0 radical (unpaired) electrons. The molecule has 0 aliphatic carbocycles. The van der Waals surface area contributed by atoms with Gasteiger partial charge in [-0.15, -0.1) is 0 Å². The fraction of sp³-hybridized carbons (Fsp3) is 0.636. The minimum Gasteiger partial charge on any atom is -0.367 e. The van der Waals surface area contributed by atoms with Crippen LogP contribution in [-0.2, 0) is 6.42 Å². The Hall–Kier alpha value is -1.36. The van der Waals surface area contributed by atoms with E-state index in [1.165, 1.54) is 6.07 Å². The Bertz CT molecular complexity index is 374. The van der Waals surface area contributed by atoms with Crippen molar-refractivity contribution in [2.75, 3.05) is 11.9 Å². The quantitative estimate of drug-likeness (QED) is 0.669. The Morgan fingerprint density at radius 1 is 1.62 bits per heavy atom. The lowest BCUT2D eigenvalue weighted by atomic mass is 10.2. The monoisotopic (exact) mass is 224 g/mol. The number of H-pyrrole nitrogens is 1. The minimum atomic E-state index is -0.111. The SMILES string of the molecule is CCc1nc(NC(C)CCCN)cc(=O)[nH]1. The highest BCUT2D eigenvalue weighted by atomic mass is 16.1. The minimum absolute atomic E-state index is 0.111. The van der Waals surface area contributed by atoms with Crippen molar-refractivity contribution in [3.8, 4) is 0 Å².